The molecule has 4 rings (SSSR count). The highest BCUT2D eigenvalue weighted by molar-refractivity contribution is 7.98. The van der Waals surface area contributed by atoms with E-state index in [-0.39, 0.29) is 5.56 Å². The Morgan fingerprint density at radius 2 is 1.86 bits per heavy atom. The molecule has 0 N–H and O–H groups in total. The first-order valence-corrected chi connectivity index (χ1v) is 10.1. The van der Waals surface area contributed by atoms with E-state index < -0.39 is 0 Å². The van der Waals surface area contributed by atoms with Crippen molar-refractivity contribution >= 4 is 22.7 Å². The molecule has 0 spiro atoms. The molecular weight excluding hydrogens is 372 g/mol. The maximum atomic E-state index is 13.2. The summed E-state index contributed by atoms with van der Waals surface area (Å²) in [5.41, 5.74) is 2.54. The molecule has 0 amide bonds. The van der Waals surface area contributed by atoms with Crippen LogP contribution in [0.3, 0.4) is 0 Å². The predicted octanol–water partition coefficient (Wildman–Crippen LogP) is 3.38. The molecule has 0 aliphatic carbocycles. The lowest BCUT2D eigenvalue weighted by Gasteiger charge is -2.13. The minimum Gasteiger partial charge on any atom is -0.268 e. The maximum Gasteiger partial charge on any atom is 0.266 e. The third-order valence-corrected chi connectivity index (χ3v) is 5.34. The molecule has 0 saturated carbocycles. The summed E-state index contributed by atoms with van der Waals surface area (Å²) >= 11 is 1.46. The van der Waals surface area contributed by atoms with Crippen LogP contribution in [0.4, 0.5) is 0 Å². The van der Waals surface area contributed by atoms with Crippen molar-refractivity contribution in [2.75, 3.05) is 0 Å². The highest BCUT2D eigenvalue weighted by atomic mass is 32.2. The van der Waals surface area contributed by atoms with E-state index >= 15 is 0 Å². The lowest BCUT2D eigenvalue weighted by atomic mass is 10.2. The number of para-hydroxylation sites is 1. The van der Waals surface area contributed by atoms with Crippen LogP contribution in [0, 0.1) is 6.92 Å². The highest BCUT2D eigenvalue weighted by Crippen LogP contribution is 2.24. The Labute approximate surface area is 166 Å². The lowest BCUT2D eigenvalue weighted by molar-refractivity contribution is 0.564. The Morgan fingerprint density at radius 1 is 1.07 bits per heavy atom. The largest absolute Gasteiger partial charge is 0.268 e. The van der Waals surface area contributed by atoms with E-state index in [0.717, 1.165) is 30.0 Å². The molecule has 0 aliphatic heterocycles. The second-order valence-electron chi connectivity index (χ2n) is 6.49. The van der Waals surface area contributed by atoms with Crippen LogP contribution < -0.4 is 5.56 Å². The number of fused-ring (bicyclic) bond motifs is 1. The first-order valence-electron chi connectivity index (χ1n) is 9.14. The van der Waals surface area contributed by atoms with E-state index in [0.29, 0.717) is 21.8 Å². The number of tetrazole rings is 1. The molecular formula is C20H20N6OS. The van der Waals surface area contributed by atoms with Crippen LogP contribution in [0.25, 0.3) is 16.6 Å². The van der Waals surface area contributed by atoms with Crippen LogP contribution in [0.5, 0.6) is 0 Å². The van der Waals surface area contributed by atoms with E-state index in [2.05, 4.69) is 22.4 Å². The topological polar surface area (TPSA) is 78.5 Å². The van der Waals surface area contributed by atoms with Crippen LogP contribution >= 0.6 is 11.8 Å². The average molecular weight is 392 g/mol. The Morgan fingerprint density at radius 3 is 2.64 bits per heavy atom. The van der Waals surface area contributed by atoms with Crippen LogP contribution in [0.2, 0.25) is 0 Å². The van der Waals surface area contributed by atoms with Gasteiger partial charge in [-0.1, -0.05) is 48.5 Å². The van der Waals surface area contributed by atoms with Gasteiger partial charge < -0.3 is 0 Å². The number of rotatable bonds is 6. The smallest absolute Gasteiger partial charge is 0.266 e. The molecule has 0 saturated heterocycles. The fourth-order valence-corrected chi connectivity index (χ4v) is 3.92. The van der Waals surface area contributed by atoms with Crippen molar-refractivity contribution in [1.29, 1.82) is 0 Å². The zero-order valence-corrected chi connectivity index (χ0v) is 16.6. The normalized spacial score (nSPS) is 11.2. The number of thioether (sulfide) groups is 1. The number of aromatic nitrogens is 6. The van der Waals surface area contributed by atoms with Crippen molar-refractivity contribution in [3.8, 4) is 5.69 Å². The van der Waals surface area contributed by atoms with Gasteiger partial charge in [-0.2, -0.15) is 0 Å². The summed E-state index contributed by atoms with van der Waals surface area (Å²) in [6, 6.07) is 15.3. The van der Waals surface area contributed by atoms with Crippen LogP contribution in [-0.2, 0) is 12.3 Å². The fraction of sp³-hybridized carbons (Fsp3) is 0.250. The molecule has 4 aromatic rings. The van der Waals surface area contributed by atoms with Crippen molar-refractivity contribution < 1.29 is 0 Å². The number of benzene rings is 2. The van der Waals surface area contributed by atoms with E-state index in [9.17, 15) is 4.79 Å². The first kappa shape index (κ1) is 18.4. The van der Waals surface area contributed by atoms with Gasteiger partial charge in [-0.3, -0.25) is 9.36 Å². The minimum absolute atomic E-state index is 0.0786. The quantitative estimate of drug-likeness (QED) is 0.370. The number of hydrogen-bond donors (Lipinski definition) is 0. The summed E-state index contributed by atoms with van der Waals surface area (Å²) in [6.45, 7) is 4.87. The van der Waals surface area contributed by atoms with Crippen molar-refractivity contribution in [2.45, 2.75) is 37.7 Å². The van der Waals surface area contributed by atoms with E-state index in [1.54, 1.807) is 9.25 Å². The van der Waals surface area contributed by atoms with Crippen LogP contribution in [-0.4, -0.2) is 29.8 Å². The van der Waals surface area contributed by atoms with E-state index in [1.807, 2.05) is 55.5 Å². The third-order valence-electron chi connectivity index (χ3n) is 4.41. The van der Waals surface area contributed by atoms with Gasteiger partial charge in [0.15, 0.2) is 11.0 Å². The number of nitrogens with zero attached hydrogens (tertiary/aromatic N) is 6. The zero-order valence-electron chi connectivity index (χ0n) is 15.7. The summed E-state index contributed by atoms with van der Waals surface area (Å²) < 4.78 is 3.46. The van der Waals surface area contributed by atoms with E-state index in [4.69, 9.17) is 4.98 Å². The standard InChI is InChI=1S/C20H20N6OS/c1-3-12-25-18(22-23-24-25)13-28-20-21-17-7-5-4-6-16(17)19(27)26(20)15-10-8-14(2)9-11-15/h4-11H,3,12-13H2,1-2H3. The molecule has 28 heavy (non-hydrogen) atoms. The Kier molecular flexibility index (Phi) is 5.21. The predicted molar refractivity (Wildman–Crippen MR) is 110 cm³/mol. The third kappa shape index (κ3) is 3.55. The molecule has 0 fully saturated rings. The van der Waals surface area contributed by atoms with Crippen molar-refractivity contribution in [3.05, 3.63) is 70.3 Å². The zero-order chi connectivity index (χ0) is 19.5. The maximum absolute atomic E-state index is 13.2. The van der Waals surface area contributed by atoms with Gasteiger partial charge in [0.25, 0.3) is 5.56 Å². The molecule has 0 unspecified atom stereocenters. The molecule has 0 atom stereocenters. The van der Waals surface area contributed by atoms with Gasteiger partial charge in [0.05, 0.1) is 22.3 Å². The van der Waals surface area contributed by atoms with Gasteiger partial charge in [0, 0.05) is 6.54 Å². The highest BCUT2D eigenvalue weighted by Gasteiger charge is 2.15. The monoisotopic (exact) mass is 392 g/mol. The van der Waals surface area contributed by atoms with Crippen molar-refractivity contribution in [1.82, 2.24) is 29.8 Å². The molecule has 2 aromatic heterocycles. The summed E-state index contributed by atoms with van der Waals surface area (Å²) in [5, 5.41) is 13.1. The molecule has 142 valence electrons. The lowest BCUT2D eigenvalue weighted by Crippen LogP contribution is -2.21. The number of aryl methyl sites for hydroxylation is 2. The second-order valence-corrected chi connectivity index (χ2v) is 7.44. The second kappa shape index (κ2) is 7.93. The Balaban J connectivity index is 1.79. The van der Waals surface area contributed by atoms with Crippen molar-refractivity contribution in [3.63, 3.8) is 0 Å². The van der Waals surface area contributed by atoms with Crippen LogP contribution in [0.1, 0.15) is 24.7 Å². The van der Waals surface area contributed by atoms with Gasteiger partial charge in [-0.05, 0) is 48.0 Å². The van der Waals surface area contributed by atoms with Gasteiger partial charge in [-0.15, -0.1) is 5.10 Å². The fourth-order valence-electron chi connectivity index (χ4n) is 2.97. The van der Waals surface area contributed by atoms with Gasteiger partial charge in [-0.25, -0.2) is 9.67 Å². The minimum atomic E-state index is -0.0786. The molecule has 2 heterocycles. The molecule has 0 bridgehead atoms. The van der Waals surface area contributed by atoms with Crippen molar-refractivity contribution in [2.24, 2.45) is 0 Å². The summed E-state index contributed by atoms with van der Waals surface area (Å²) in [5.74, 6) is 1.30. The summed E-state index contributed by atoms with van der Waals surface area (Å²) in [6.07, 6.45) is 0.949. The van der Waals surface area contributed by atoms with Gasteiger partial charge >= 0.3 is 0 Å². The molecule has 7 nitrogen and oxygen atoms in total. The van der Waals surface area contributed by atoms with E-state index in [1.165, 1.54) is 11.8 Å². The Hall–Kier alpha value is -3.00. The van der Waals surface area contributed by atoms with Gasteiger partial charge in [0.2, 0.25) is 0 Å². The van der Waals surface area contributed by atoms with Crippen LogP contribution in [0.15, 0.2) is 58.5 Å². The Bertz CT molecular complexity index is 1170. The summed E-state index contributed by atoms with van der Waals surface area (Å²) in [4.78, 5) is 18.0. The average Bonchev–Trinajstić information content (AvgIpc) is 3.15. The molecule has 2 aromatic carbocycles. The van der Waals surface area contributed by atoms with Gasteiger partial charge in [0.1, 0.15) is 0 Å². The molecule has 0 aliphatic rings. The molecule has 8 heteroatoms. The summed E-state index contributed by atoms with van der Waals surface area (Å²) in [7, 11) is 0. The SMILES string of the molecule is CCCn1nnnc1CSc1nc2ccccc2c(=O)n1-c1ccc(C)cc1. The first-order chi connectivity index (χ1) is 13.7. The number of hydrogen-bond acceptors (Lipinski definition) is 6. The molecule has 0 radical (unpaired) electrons.